The van der Waals surface area contributed by atoms with E-state index in [0.29, 0.717) is 153 Å². The third-order valence-electron chi connectivity index (χ3n) is 20.2. The van der Waals surface area contributed by atoms with Gasteiger partial charge in [-0.1, -0.05) is 32.3 Å². The average molecular weight is 1680 g/mol. The van der Waals surface area contributed by atoms with Crippen molar-refractivity contribution in [3.05, 3.63) is 87.2 Å². The molecule has 3 saturated heterocycles. The van der Waals surface area contributed by atoms with Gasteiger partial charge in [-0.3, -0.25) is 30.3 Å². The second-order valence-electron chi connectivity index (χ2n) is 29.1. The average Bonchev–Trinajstić information content (AvgIpc) is 1.64. The highest BCUT2D eigenvalue weighted by atomic mass is 16.5. The van der Waals surface area contributed by atoms with E-state index in [1.165, 1.54) is 0 Å². The summed E-state index contributed by atoms with van der Waals surface area (Å²) in [5.74, 6) is 3.02. The van der Waals surface area contributed by atoms with Gasteiger partial charge < -0.3 is 86.1 Å². The number of anilines is 8. The van der Waals surface area contributed by atoms with Crippen LogP contribution in [0.1, 0.15) is 123 Å². The number of allylic oxidation sites excluding steroid dienone is 1. The Balaban J connectivity index is 0.000000149. The molecule has 122 heavy (non-hydrogen) atoms. The molecule has 0 radical (unpaired) electrons. The predicted molar refractivity (Wildman–Crippen MR) is 457 cm³/mol. The maximum Gasteiger partial charge on any atom is 0.243 e. The van der Waals surface area contributed by atoms with Gasteiger partial charge in [-0.2, -0.15) is 19.9 Å². The van der Waals surface area contributed by atoms with Crippen molar-refractivity contribution in [2.45, 2.75) is 142 Å². The highest BCUT2D eigenvalue weighted by molar-refractivity contribution is 5.91. The minimum atomic E-state index is -0.371. The van der Waals surface area contributed by atoms with E-state index in [9.17, 15) is 14.4 Å². The van der Waals surface area contributed by atoms with Crippen LogP contribution in [-0.2, 0) is 48.2 Å². The van der Waals surface area contributed by atoms with Gasteiger partial charge in [0, 0.05) is 182 Å². The Morgan fingerprint density at radius 3 is 1.08 bits per heavy atom. The summed E-state index contributed by atoms with van der Waals surface area (Å²) in [7, 11) is 3.32. The molecule has 15 heterocycles. The van der Waals surface area contributed by atoms with Crippen molar-refractivity contribution >= 4 is 110 Å². The van der Waals surface area contributed by atoms with Crippen molar-refractivity contribution in [1.82, 2.24) is 140 Å². The fraction of sp³-hybridized carbons (Fsp3) is 0.474. The zero-order chi connectivity index (χ0) is 85.7. The number of hydrogen-bond donors (Lipinski definition) is 11. The maximum absolute atomic E-state index is 11.4. The molecule has 15 rings (SSSR count). The number of nitrogens with zero attached hydrogens (tertiary/aromatic N) is 27. The number of rotatable bonds is 34. The van der Waals surface area contributed by atoms with Crippen LogP contribution in [0.3, 0.4) is 0 Å². The molecule has 0 saturated carbocycles. The number of nitrogens with two attached hydrogens (primary N) is 4. The van der Waals surface area contributed by atoms with E-state index in [0.717, 1.165) is 174 Å². The Morgan fingerprint density at radius 2 is 0.713 bits per heavy atom. The quantitative estimate of drug-likeness (QED) is 0.0131. The largest absolute Gasteiger partial charge is 0.378 e. The Bertz CT molecular complexity index is 5380. The van der Waals surface area contributed by atoms with Crippen LogP contribution in [-0.4, -0.2) is 246 Å². The highest BCUT2D eigenvalue weighted by Gasteiger charge is 2.26. The number of aryl methyl sites for hydroxylation is 3. The molecule has 3 fully saturated rings. The van der Waals surface area contributed by atoms with E-state index in [1.54, 1.807) is 88.1 Å². The molecule has 0 aliphatic carbocycles. The molecule has 0 spiro atoms. The number of unbranched alkanes of at least 4 members (excludes halogenated alkanes) is 8. The molecule has 0 unspecified atom stereocenters. The summed E-state index contributed by atoms with van der Waals surface area (Å²) in [4.78, 5) is 129. The van der Waals surface area contributed by atoms with Crippen LogP contribution in [0, 0.1) is 0 Å². The number of imidazole rings is 4. The summed E-state index contributed by atoms with van der Waals surface area (Å²) >= 11 is 0. The summed E-state index contributed by atoms with van der Waals surface area (Å²) in [6.45, 7) is 19.1. The number of hydrogen-bond acceptors (Lipinski definition) is 37. The second kappa shape index (κ2) is 44.1. The Kier molecular flexibility index (Phi) is 31.8. The fourth-order valence-electron chi connectivity index (χ4n) is 13.5. The van der Waals surface area contributed by atoms with Crippen molar-refractivity contribution in [3.8, 4) is 45.0 Å². The van der Waals surface area contributed by atoms with Crippen LogP contribution in [0.4, 0.5) is 47.6 Å². The molecule has 3 aliphatic heterocycles. The number of morpholine rings is 3. The molecular weight excluding hydrogens is 1570 g/mol. The lowest BCUT2D eigenvalue weighted by Crippen LogP contribution is -2.37. The standard InChI is InChI=1S/C21H29N9O2.C20H27N9O2.C19H25N9O2.C18H25N9O2/c1-23-16(31)6-4-2-3-5-7-30-14-26-18-17(15-12-24-20(22)25-13-15)27-21(28-19(18)30)29-8-10-32-11-9-29;1-14(27-30)5-3-2-4-6-29-13-24-17-16(15-11-22-19(21)23-12-15)25-20(26-18(17)29)28-7-9-31-10-8-28;1-21-14(29)4-2-3-5-28-12-24-16-15(13-10-22-18(20)23-11-13)25-19(26-17(16)28)27-6-8-30-9-7-27;1-11(2)27-10-23-15-14(12-8-21-17(19)22-9-12)24-18(25-16(15)27)20-7-5-3-4-6-13(28)26-29/h12-14H,2-11H2,1H3,(H,23,31)(H2,22,24,25);11-13,27,30H,1-10H2,(H2,21,22,23);10-12H,2-9H2,1H3,(H,21,29)(H2,20,22,23);8-11,29H,3-7H2,1-2H3,(H,26,28)(H2,19,21,22)(H,20,24,25). The zero-order valence-electron chi connectivity index (χ0n) is 69.1. The summed E-state index contributed by atoms with van der Waals surface area (Å²) in [6, 6.07) is 0.191. The predicted octanol–water partition coefficient (Wildman–Crippen LogP) is 5.70. The van der Waals surface area contributed by atoms with E-state index < -0.39 is 0 Å². The van der Waals surface area contributed by atoms with E-state index >= 15 is 0 Å². The Labute approximate surface area is 702 Å². The van der Waals surface area contributed by atoms with E-state index in [4.69, 9.17) is 77.5 Å². The van der Waals surface area contributed by atoms with Gasteiger partial charge in [0.2, 0.25) is 65.3 Å². The summed E-state index contributed by atoms with van der Waals surface area (Å²) in [5.41, 5.74) is 38.4. The van der Waals surface area contributed by atoms with Crippen molar-refractivity contribution in [1.29, 1.82) is 0 Å². The minimum Gasteiger partial charge on any atom is -0.378 e. The van der Waals surface area contributed by atoms with Gasteiger partial charge in [0.15, 0.2) is 22.6 Å². The number of nitrogens with one attached hydrogen (secondary N) is 5. The van der Waals surface area contributed by atoms with E-state index in [1.807, 2.05) is 15.5 Å². The number of aromatic nitrogens is 24. The molecule has 12 aromatic rings. The number of amides is 3. The lowest BCUT2D eigenvalue weighted by atomic mass is 10.1. The zero-order valence-corrected chi connectivity index (χ0v) is 69.1. The van der Waals surface area contributed by atoms with E-state index in [2.05, 4.69) is 135 Å². The smallest absolute Gasteiger partial charge is 0.243 e. The van der Waals surface area contributed by atoms with Crippen LogP contribution >= 0.6 is 0 Å². The van der Waals surface area contributed by atoms with Gasteiger partial charge in [-0.15, -0.1) is 0 Å². The van der Waals surface area contributed by atoms with Crippen LogP contribution < -0.4 is 64.5 Å². The Hall–Kier alpha value is -13.3. The maximum atomic E-state index is 11.4. The lowest BCUT2D eigenvalue weighted by molar-refractivity contribution is -0.129. The summed E-state index contributed by atoms with van der Waals surface area (Å²) in [5, 5.41) is 25.9. The van der Waals surface area contributed by atoms with Gasteiger partial charge >= 0.3 is 0 Å². The molecular formula is C78H106N36O8. The van der Waals surface area contributed by atoms with Gasteiger partial charge in [0.25, 0.3) is 0 Å². The molecule has 44 nitrogen and oxygen atoms in total. The first-order chi connectivity index (χ1) is 59.4. The van der Waals surface area contributed by atoms with Gasteiger partial charge in [-0.25, -0.2) is 85.2 Å². The number of carbonyl (C=O) groups is 3. The lowest BCUT2D eigenvalue weighted by Gasteiger charge is -2.27. The minimum absolute atomic E-state index is 0.0491. The normalized spacial score (nSPS) is 13.5. The molecule has 0 atom stereocenters. The van der Waals surface area contributed by atoms with Crippen LogP contribution in [0.15, 0.2) is 87.2 Å². The molecule has 3 aliphatic rings. The SMILES string of the molecule is C=C(CCCCCn1cnc2c(-c3cnc(N)nc3)nc(N3CCOCC3)nc21)NO.CC(C)n1cnc2c(-c3cnc(N)nc3)nc(NCCCCCC(=O)NO)nc21.CNC(=O)CCCCCCn1cnc2c(-c3cnc(N)nc3)nc(N3CCOCC3)nc21.CNC(=O)CCCCn1cnc2c(-c3cnc(N)nc3)nc(N3CCOCC3)nc21. The molecule has 12 aromatic heterocycles. The highest BCUT2D eigenvalue weighted by Crippen LogP contribution is 2.33. The van der Waals surface area contributed by atoms with Crippen LogP contribution in [0.25, 0.3) is 89.7 Å². The van der Waals surface area contributed by atoms with Gasteiger partial charge in [0.1, 0.15) is 44.8 Å². The molecule has 0 bridgehead atoms. The first-order valence-corrected chi connectivity index (χ1v) is 40.8. The monoisotopic (exact) mass is 1670 g/mol. The molecule has 0 aromatic carbocycles. The summed E-state index contributed by atoms with van der Waals surface area (Å²) < 4.78 is 24.5. The van der Waals surface area contributed by atoms with Gasteiger partial charge in [-0.05, 0) is 71.6 Å². The number of hydroxylamine groups is 2. The van der Waals surface area contributed by atoms with Crippen molar-refractivity contribution in [2.24, 2.45) is 0 Å². The van der Waals surface area contributed by atoms with E-state index in [-0.39, 0.29) is 47.6 Å². The number of ether oxygens (including phenoxy) is 3. The third kappa shape index (κ3) is 23.8. The first kappa shape index (κ1) is 88.0. The topological polar surface area (TPSA) is 571 Å². The third-order valence-corrected chi connectivity index (χ3v) is 20.2. The number of carbonyl (C=O) groups excluding carboxylic acids is 3. The molecule has 44 heteroatoms. The van der Waals surface area contributed by atoms with Crippen LogP contribution in [0.2, 0.25) is 0 Å². The number of nitrogen functional groups attached to an aromatic ring is 4. The Morgan fingerprint density at radius 1 is 0.393 bits per heavy atom. The second-order valence-corrected chi connectivity index (χ2v) is 29.1. The molecule has 15 N–H and O–H groups in total. The van der Waals surface area contributed by atoms with Crippen molar-refractivity contribution in [3.63, 3.8) is 0 Å². The number of fused-ring (bicyclic) bond motifs is 4. The first-order valence-electron chi connectivity index (χ1n) is 40.8. The van der Waals surface area contributed by atoms with Gasteiger partial charge in [0.05, 0.1) is 65.0 Å². The fourth-order valence-corrected chi connectivity index (χ4v) is 13.5. The van der Waals surface area contributed by atoms with Crippen molar-refractivity contribution < 1.29 is 39.0 Å². The van der Waals surface area contributed by atoms with Crippen molar-refractivity contribution in [2.75, 3.05) is 143 Å². The molecule has 3 amide bonds. The molecule has 646 valence electrons. The summed E-state index contributed by atoms with van der Waals surface area (Å²) in [6.07, 6.45) is 33.3. The van der Waals surface area contributed by atoms with Crippen LogP contribution in [0.5, 0.6) is 0 Å².